The van der Waals surface area contributed by atoms with Gasteiger partial charge in [-0.2, -0.15) is 5.43 Å². The molecule has 0 radical (unpaired) electrons. The highest BCUT2D eigenvalue weighted by Crippen LogP contribution is 2.41. The molecule has 7 nitrogen and oxygen atoms in total. The molecule has 10 heteroatoms. The molecule has 0 bridgehead atoms. The Morgan fingerprint density at radius 2 is 1.81 bits per heavy atom. The van der Waals surface area contributed by atoms with Gasteiger partial charge in [0.2, 0.25) is 0 Å². The third kappa shape index (κ3) is 5.82. The zero-order chi connectivity index (χ0) is 23.3. The lowest BCUT2D eigenvalue weighted by molar-refractivity contribution is -1.20. The Morgan fingerprint density at radius 3 is 2.32 bits per heavy atom. The predicted octanol–water partition coefficient (Wildman–Crippen LogP) is 5.73. The molecular formula is C21H23F2N2O5S+. The van der Waals surface area contributed by atoms with Crippen LogP contribution in [0.2, 0.25) is 0 Å². The van der Waals surface area contributed by atoms with Crippen molar-refractivity contribution in [2.45, 2.75) is 27.2 Å². The Balaban J connectivity index is 2.39. The second-order valence-corrected chi connectivity index (χ2v) is 7.60. The fourth-order valence-corrected chi connectivity index (χ4v) is 3.67. The minimum absolute atomic E-state index is 0.0609. The summed E-state index contributed by atoms with van der Waals surface area (Å²) in [4.78, 5) is 9.68. The van der Waals surface area contributed by atoms with Crippen molar-refractivity contribution in [2.75, 3.05) is 5.43 Å². The maximum Gasteiger partial charge on any atom is 0.338 e. The van der Waals surface area contributed by atoms with Crippen LogP contribution in [0.4, 0.5) is 14.5 Å². The average molecular weight is 453 g/mol. The van der Waals surface area contributed by atoms with Gasteiger partial charge in [-0.1, -0.05) is 24.6 Å². The van der Waals surface area contributed by atoms with Gasteiger partial charge in [-0.05, 0) is 61.9 Å². The van der Waals surface area contributed by atoms with Crippen LogP contribution in [-0.4, -0.2) is 31.5 Å². The molecule has 31 heavy (non-hydrogen) atoms. The molecular weight excluding hydrogens is 430 g/mol. The van der Waals surface area contributed by atoms with Gasteiger partial charge in [-0.3, -0.25) is 0 Å². The van der Waals surface area contributed by atoms with Crippen molar-refractivity contribution in [3.63, 3.8) is 0 Å². The number of thioether (sulfide) groups is 1. The molecule has 0 atom stereocenters. The first-order chi connectivity index (χ1) is 14.5. The molecule has 0 fully saturated rings. The number of hydrogen-bond acceptors (Lipinski definition) is 6. The van der Waals surface area contributed by atoms with E-state index in [1.54, 1.807) is 19.1 Å². The number of benzene rings is 2. The number of halogens is 2. The number of quaternary nitrogens is 1. The van der Waals surface area contributed by atoms with E-state index in [4.69, 9.17) is 5.11 Å². The van der Waals surface area contributed by atoms with Crippen LogP contribution in [0.15, 0.2) is 53.1 Å². The summed E-state index contributed by atoms with van der Waals surface area (Å²) in [7, 11) is 0. The third-order valence-corrected chi connectivity index (χ3v) is 5.87. The maximum absolute atomic E-state index is 14.0. The maximum atomic E-state index is 14.0. The molecule has 0 aromatic heterocycles. The zero-order valence-electron chi connectivity index (χ0n) is 17.1. The summed E-state index contributed by atoms with van der Waals surface area (Å²) in [6.07, 6.45) is 2.03. The summed E-state index contributed by atoms with van der Waals surface area (Å²) >= 11 is 0.984. The first-order valence-corrected chi connectivity index (χ1v) is 10.0. The minimum atomic E-state index is -1.96. The average Bonchev–Trinajstić information content (AvgIpc) is 2.71. The summed E-state index contributed by atoms with van der Waals surface area (Å²) in [5.41, 5.74) is 2.51. The normalized spacial score (nSPS) is 13.1. The number of carboxylic acids is 1. The van der Waals surface area contributed by atoms with Gasteiger partial charge in [0.15, 0.2) is 0 Å². The van der Waals surface area contributed by atoms with Crippen molar-refractivity contribution in [1.82, 2.24) is 0 Å². The van der Waals surface area contributed by atoms with Crippen molar-refractivity contribution in [1.29, 1.82) is 0 Å². The second-order valence-electron chi connectivity index (χ2n) is 6.57. The van der Waals surface area contributed by atoms with E-state index in [-0.39, 0.29) is 5.03 Å². The largest absolute Gasteiger partial charge is 0.506 e. The number of nitrogens with one attached hydrogen (secondary N) is 1. The van der Waals surface area contributed by atoms with Crippen molar-refractivity contribution in [3.8, 4) is 5.75 Å². The Kier molecular flexibility index (Phi) is 7.80. The zero-order valence-corrected chi connectivity index (χ0v) is 17.9. The topological polar surface area (TPSA) is 110 Å². The van der Waals surface area contributed by atoms with Gasteiger partial charge in [0.05, 0.1) is 10.5 Å². The van der Waals surface area contributed by atoms with Crippen LogP contribution in [0.25, 0.3) is 4.91 Å². The highest BCUT2D eigenvalue weighted by Gasteiger charge is 2.34. The van der Waals surface area contributed by atoms with E-state index in [0.717, 1.165) is 17.3 Å². The van der Waals surface area contributed by atoms with Gasteiger partial charge in [-0.25, -0.2) is 13.6 Å². The van der Waals surface area contributed by atoms with Crippen LogP contribution in [0.1, 0.15) is 43.1 Å². The molecule has 2 aromatic rings. The third-order valence-electron chi connectivity index (χ3n) is 4.38. The van der Waals surface area contributed by atoms with E-state index in [9.17, 15) is 29.1 Å². The fraction of sp³-hybridized carbons (Fsp3) is 0.190. The number of aromatic hydroxyl groups is 1. The summed E-state index contributed by atoms with van der Waals surface area (Å²) in [5.74, 6) is -3.85. The highest BCUT2D eigenvalue weighted by molar-refractivity contribution is 8.11. The van der Waals surface area contributed by atoms with Gasteiger partial charge < -0.3 is 10.2 Å². The van der Waals surface area contributed by atoms with Crippen molar-refractivity contribution < 1.29 is 39.1 Å². The smallest absolute Gasteiger partial charge is 0.338 e. The first-order valence-electron chi connectivity index (χ1n) is 9.19. The van der Waals surface area contributed by atoms with Gasteiger partial charge in [0.1, 0.15) is 23.1 Å². The molecule has 0 spiro atoms. The van der Waals surface area contributed by atoms with E-state index in [1.165, 1.54) is 18.2 Å². The molecule has 0 aliphatic rings. The molecule has 0 heterocycles. The fourth-order valence-electron chi connectivity index (χ4n) is 2.60. The van der Waals surface area contributed by atoms with E-state index in [0.29, 0.717) is 29.0 Å². The number of aromatic carboxylic acids is 1. The molecule has 2 aromatic carbocycles. The standard InChI is InChI=1S/C21H22F2N2O5S/c1-4-12(3)20(13-6-8-14(22)9-7-13)31-19(5-2)25(29,30)24-17-11-16(23)15(21(27)28)10-18(17)26/h5-11,24,29-30H,4H2,1-3H3,(H-,26,27,28)/p+1/b19-5-,20-12?. The lowest BCUT2D eigenvalue weighted by atomic mass is 10.1. The van der Waals surface area contributed by atoms with Crippen LogP contribution < -0.4 is 5.43 Å². The SMILES string of the molecule is C/C=C(\SC(=C(C)CC)c1ccc(F)cc1)[N+](O)(O)Nc1cc(F)c(C(=O)O)cc1O. The molecule has 0 aliphatic heterocycles. The van der Waals surface area contributed by atoms with Gasteiger partial charge in [0, 0.05) is 11.0 Å². The number of carboxylic acid groups (broad SMARTS) is 1. The van der Waals surface area contributed by atoms with Crippen LogP contribution in [0.5, 0.6) is 5.75 Å². The Labute approximate surface area is 182 Å². The Morgan fingerprint density at radius 1 is 1.19 bits per heavy atom. The van der Waals surface area contributed by atoms with Crippen molar-refractivity contribution in [3.05, 3.63) is 75.8 Å². The molecule has 0 amide bonds. The molecule has 0 saturated heterocycles. The van der Waals surface area contributed by atoms with Crippen molar-refractivity contribution >= 4 is 28.3 Å². The highest BCUT2D eigenvalue weighted by atomic mass is 32.2. The first kappa shape index (κ1) is 24.4. The molecule has 0 saturated carbocycles. The summed E-state index contributed by atoms with van der Waals surface area (Å²) < 4.78 is 27.3. The summed E-state index contributed by atoms with van der Waals surface area (Å²) in [6.45, 7) is 5.31. The monoisotopic (exact) mass is 453 g/mol. The van der Waals surface area contributed by atoms with Crippen LogP contribution in [0, 0.1) is 11.6 Å². The van der Waals surface area contributed by atoms with E-state index in [2.05, 4.69) is 5.43 Å². The molecule has 5 N–H and O–H groups in total. The van der Waals surface area contributed by atoms with E-state index in [1.807, 2.05) is 13.8 Å². The number of hydroxylamine groups is 2. The Hall–Kier alpha value is -2.92. The molecule has 0 unspecified atom stereocenters. The van der Waals surface area contributed by atoms with E-state index < -0.39 is 39.5 Å². The number of rotatable bonds is 8. The lowest BCUT2D eigenvalue weighted by Crippen LogP contribution is -2.44. The van der Waals surface area contributed by atoms with Crippen molar-refractivity contribution in [2.24, 2.45) is 0 Å². The predicted molar refractivity (Wildman–Crippen MR) is 113 cm³/mol. The quantitative estimate of drug-likeness (QED) is 0.197. The summed E-state index contributed by atoms with van der Waals surface area (Å²) in [5, 5.41) is 40.0. The van der Waals surface area contributed by atoms with Gasteiger partial charge in [-0.15, -0.1) is 10.4 Å². The minimum Gasteiger partial charge on any atom is -0.506 e. The number of nitrogens with zero attached hydrogens (tertiary/aromatic N) is 1. The lowest BCUT2D eigenvalue weighted by Gasteiger charge is -2.24. The molecule has 0 aliphatic carbocycles. The molecule has 2 rings (SSSR count). The number of phenolic OH excluding ortho intramolecular Hbond substituents is 1. The van der Waals surface area contributed by atoms with E-state index >= 15 is 0 Å². The number of allylic oxidation sites excluding steroid dienone is 2. The second kappa shape index (κ2) is 9.92. The summed E-state index contributed by atoms with van der Waals surface area (Å²) in [6, 6.07) is 7.01. The number of anilines is 1. The number of phenols is 1. The van der Waals surface area contributed by atoms with Crippen LogP contribution in [-0.2, 0) is 0 Å². The van der Waals surface area contributed by atoms with Crippen LogP contribution >= 0.6 is 11.8 Å². The van der Waals surface area contributed by atoms with Gasteiger partial charge in [0.25, 0.3) is 5.03 Å². The Bertz CT molecular complexity index is 1040. The van der Waals surface area contributed by atoms with Gasteiger partial charge >= 0.3 is 5.97 Å². The number of carbonyl (C=O) groups is 1. The number of hydrogen-bond donors (Lipinski definition) is 5. The van der Waals surface area contributed by atoms with Crippen LogP contribution in [0.3, 0.4) is 0 Å². The molecule has 166 valence electrons.